The van der Waals surface area contributed by atoms with E-state index in [1.165, 1.54) is 22.5 Å². The van der Waals surface area contributed by atoms with Crippen molar-refractivity contribution in [3.63, 3.8) is 0 Å². The SMILES string of the molecule is Cc1cc(Cn2cnc3scc(-c4ccc(C)c(C)c4)c3c2=O)no1. The van der Waals surface area contributed by atoms with Crippen molar-refractivity contribution >= 4 is 21.6 Å². The van der Waals surface area contributed by atoms with Crippen LogP contribution in [-0.4, -0.2) is 14.7 Å². The van der Waals surface area contributed by atoms with Crippen molar-refractivity contribution in [1.29, 1.82) is 0 Å². The first-order valence-corrected chi connectivity index (χ1v) is 8.87. The summed E-state index contributed by atoms with van der Waals surface area (Å²) in [5.74, 6) is 0.725. The van der Waals surface area contributed by atoms with Gasteiger partial charge in [-0.2, -0.15) is 0 Å². The average molecular weight is 351 g/mol. The summed E-state index contributed by atoms with van der Waals surface area (Å²) in [5, 5.41) is 6.63. The predicted octanol–water partition coefficient (Wildman–Crippen LogP) is 4.09. The molecule has 5 nitrogen and oxygen atoms in total. The van der Waals surface area contributed by atoms with E-state index in [0.29, 0.717) is 17.6 Å². The second-order valence-corrected chi connectivity index (χ2v) is 7.09. The van der Waals surface area contributed by atoms with Crippen LogP contribution in [0.2, 0.25) is 0 Å². The summed E-state index contributed by atoms with van der Waals surface area (Å²) in [6.45, 7) is 6.34. The Bertz CT molecular complexity index is 1140. The zero-order valence-corrected chi connectivity index (χ0v) is 15.1. The molecular weight excluding hydrogens is 334 g/mol. The largest absolute Gasteiger partial charge is 0.361 e. The van der Waals surface area contributed by atoms with Crippen LogP contribution in [0.15, 0.2) is 45.3 Å². The van der Waals surface area contributed by atoms with Gasteiger partial charge in [0, 0.05) is 17.0 Å². The first kappa shape index (κ1) is 15.8. The Morgan fingerprint density at radius 3 is 2.72 bits per heavy atom. The maximum absolute atomic E-state index is 13.0. The van der Waals surface area contributed by atoms with Gasteiger partial charge in [-0.3, -0.25) is 9.36 Å². The highest BCUT2D eigenvalue weighted by Crippen LogP contribution is 2.31. The van der Waals surface area contributed by atoms with Gasteiger partial charge in [0.2, 0.25) is 0 Å². The molecule has 0 atom stereocenters. The Morgan fingerprint density at radius 2 is 2.00 bits per heavy atom. The lowest BCUT2D eigenvalue weighted by Gasteiger charge is -2.06. The fraction of sp³-hybridized carbons (Fsp3) is 0.211. The average Bonchev–Trinajstić information content (AvgIpc) is 3.19. The molecule has 3 heterocycles. The molecule has 3 aromatic heterocycles. The first-order chi connectivity index (χ1) is 12.0. The Kier molecular flexibility index (Phi) is 3.77. The normalized spacial score (nSPS) is 11.3. The smallest absolute Gasteiger partial charge is 0.263 e. The van der Waals surface area contributed by atoms with Gasteiger partial charge in [-0.15, -0.1) is 11.3 Å². The van der Waals surface area contributed by atoms with Crippen LogP contribution >= 0.6 is 11.3 Å². The summed E-state index contributed by atoms with van der Waals surface area (Å²) in [4.78, 5) is 18.2. The summed E-state index contributed by atoms with van der Waals surface area (Å²) in [7, 11) is 0. The van der Waals surface area contributed by atoms with Crippen molar-refractivity contribution in [2.45, 2.75) is 27.3 Å². The minimum absolute atomic E-state index is 0.0554. The molecule has 0 N–H and O–H groups in total. The van der Waals surface area contributed by atoms with Gasteiger partial charge in [-0.1, -0.05) is 23.4 Å². The van der Waals surface area contributed by atoms with Crippen LogP contribution in [-0.2, 0) is 6.54 Å². The Balaban J connectivity index is 1.85. The number of benzene rings is 1. The van der Waals surface area contributed by atoms with Crippen molar-refractivity contribution in [1.82, 2.24) is 14.7 Å². The highest BCUT2D eigenvalue weighted by Gasteiger charge is 2.14. The molecule has 0 aliphatic carbocycles. The molecule has 4 rings (SSSR count). The maximum Gasteiger partial charge on any atom is 0.263 e. The van der Waals surface area contributed by atoms with E-state index >= 15 is 0 Å². The van der Waals surface area contributed by atoms with Crippen molar-refractivity contribution in [2.75, 3.05) is 0 Å². The summed E-state index contributed by atoms with van der Waals surface area (Å²) in [5.41, 5.74) is 5.08. The van der Waals surface area contributed by atoms with Crippen LogP contribution in [0, 0.1) is 20.8 Å². The van der Waals surface area contributed by atoms with Crippen LogP contribution in [0.1, 0.15) is 22.6 Å². The van der Waals surface area contributed by atoms with E-state index in [1.54, 1.807) is 10.9 Å². The van der Waals surface area contributed by atoms with Crippen LogP contribution in [0.4, 0.5) is 0 Å². The summed E-state index contributed by atoms with van der Waals surface area (Å²) in [6, 6.07) is 8.09. The van der Waals surface area contributed by atoms with E-state index in [0.717, 1.165) is 21.7 Å². The molecule has 1 aromatic carbocycles. The van der Waals surface area contributed by atoms with Crippen molar-refractivity contribution in [3.8, 4) is 11.1 Å². The third-order valence-corrected chi connectivity index (χ3v) is 5.27. The van der Waals surface area contributed by atoms with E-state index in [1.807, 2.05) is 18.4 Å². The summed E-state index contributed by atoms with van der Waals surface area (Å²) in [6.07, 6.45) is 1.58. The molecule has 0 amide bonds. The molecule has 0 aliphatic heterocycles. The van der Waals surface area contributed by atoms with E-state index in [2.05, 4.69) is 42.2 Å². The number of aromatic nitrogens is 3. The lowest BCUT2D eigenvalue weighted by Crippen LogP contribution is -2.21. The lowest BCUT2D eigenvalue weighted by molar-refractivity contribution is 0.388. The van der Waals surface area contributed by atoms with Gasteiger partial charge in [-0.05, 0) is 37.5 Å². The first-order valence-electron chi connectivity index (χ1n) is 7.99. The highest BCUT2D eigenvalue weighted by molar-refractivity contribution is 7.17. The van der Waals surface area contributed by atoms with E-state index in [4.69, 9.17) is 4.52 Å². The molecule has 0 unspecified atom stereocenters. The standard InChI is InChI=1S/C19H17N3O2S/c1-11-4-5-14(6-12(11)2)16-9-25-18-17(16)19(23)22(10-20-18)8-15-7-13(3)24-21-15/h4-7,9-10H,8H2,1-3H3. The van der Waals surface area contributed by atoms with Crippen LogP contribution in [0.3, 0.4) is 0 Å². The maximum atomic E-state index is 13.0. The Labute approximate surface area is 148 Å². The van der Waals surface area contributed by atoms with Crippen molar-refractivity contribution in [2.24, 2.45) is 0 Å². The third kappa shape index (κ3) is 2.78. The number of thiophene rings is 1. The number of hydrogen-bond donors (Lipinski definition) is 0. The number of hydrogen-bond acceptors (Lipinski definition) is 5. The molecule has 0 saturated carbocycles. The van der Waals surface area contributed by atoms with E-state index < -0.39 is 0 Å². The number of nitrogens with zero attached hydrogens (tertiary/aromatic N) is 3. The Morgan fingerprint density at radius 1 is 1.16 bits per heavy atom. The molecule has 0 bridgehead atoms. The number of aryl methyl sites for hydroxylation is 3. The van der Waals surface area contributed by atoms with Crippen LogP contribution in [0.25, 0.3) is 21.3 Å². The van der Waals surface area contributed by atoms with Gasteiger partial charge >= 0.3 is 0 Å². The molecule has 126 valence electrons. The second-order valence-electron chi connectivity index (χ2n) is 6.24. The summed E-state index contributed by atoms with van der Waals surface area (Å²) >= 11 is 1.49. The highest BCUT2D eigenvalue weighted by atomic mass is 32.1. The van der Waals surface area contributed by atoms with Gasteiger partial charge in [0.05, 0.1) is 18.3 Å². The zero-order valence-electron chi connectivity index (χ0n) is 14.2. The monoisotopic (exact) mass is 351 g/mol. The number of rotatable bonds is 3. The molecular formula is C19H17N3O2S. The topological polar surface area (TPSA) is 60.9 Å². The fourth-order valence-corrected chi connectivity index (χ4v) is 3.78. The zero-order chi connectivity index (χ0) is 17.6. The van der Waals surface area contributed by atoms with Gasteiger partial charge in [0.1, 0.15) is 16.3 Å². The molecule has 0 radical (unpaired) electrons. The van der Waals surface area contributed by atoms with Crippen molar-refractivity contribution < 1.29 is 4.52 Å². The van der Waals surface area contributed by atoms with Gasteiger partial charge in [0.15, 0.2) is 0 Å². The minimum atomic E-state index is -0.0554. The molecule has 0 spiro atoms. The predicted molar refractivity (Wildman–Crippen MR) is 99.1 cm³/mol. The van der Waals surface area contributed by atoms with E-state index in [-0.39, 0.29) is 5.56 Å². The molecule has 6 heteroatoms. The second kappa shape index (κ2) is 5.97. The van der Waals surface area contributed by atoms with Gasteiger partial charge < -0.3 is 4.52 Å². The number of fused-ring (bicyclic) bond motifs is 1. The molecule has 0 aliphatic rings. The Hall–Kier alpha value is -2.73. The van der Waals surface area contributed by atoms with Gasteiger partial charge in [0.25, 0.3) is 5.56 Å². The van der Waals surface area contributed by atoms with E-state index in [9.17, 15) is 4.79 Å². The minimum Gasteiger partial charge on any atom is -0.361 e. The molecule has 25 heavy (non-hydrogen) atoms. The third-order valence-electron chi connectivity index (χ3n) is 4.39. The molecule has 0 saturated heterocycles. The lowest BCUT2D eigenvalue weighted by atomic mass is 10.0. The molecule has 4 aromatic rings. The molecule has 0 fully saturated rings. The van der Waals surface area contributed by atoms with Gasteiger partial charge in [-0.25, -0.2) is 4.98 Å². The fourth-order valence-electron chi connectivity index (χ4n) is 2.87. The summed E-state index contributed by atoms with van der Waals surface area (Å²) < 4.78 is 6.66. The van der Waals surface area contributed by atoms with Crippen LogP contribution in [0.5, 0.6) is 0 Å². The quantitative estimate of drug-likeness (QED) is 0.558. The van der Waals surface area contributed by atoms with Crippen molar-refractivity contribution in [3.05, 3.63) is 68.9 Å². The van der Waals surface area contributed by atoms with Crippen LogP contribution < -0.4 is 5.56 Å².